The first kappa shape index (κ1) is 10.7. The van der Waals surface area contributed by atoms with Crippen LogP contribution in [0, 0.1) is 0 Å². The van der Waals surface area contributed by atoms with Crippen molar-refractivity contribution >= 4 is 43.0 Å². The second-order valence-electron chi connectivity index (χ2n) is 3.63. The zero-order chi connectivity index (χ0) is 11.8. The van der Waals surface area contributed by atoms with Gasteiger partial charge in [-0.15, -0.1) is 11.3 Å². The molecule has 1 aromatic carbocycles. The van der Waals surface area contributed by atoms with E-state index in [0.29, 0.717) is 0 Å². The number of hydrogen-bond acceptors (Lipinski definition) is 4. The smallest absolute Gasteiger partial charge is 0.116 e. The fraction of sp³-hybridized carbons (Fsp3) is 0. The van der Waals surface area contributed by atoms with Crippen molar-refractivity contribution in [2.24, 2.45) is 0 Å². The molecule has 0 spiro atoms. The molecule has 84 valence electrons. The molecule has 0 aliphatic heterocycles. The summed E-state index contributed by atoms with van der Waals surface area (Å²) in [4.78, 5) is 9.36. The summed E-state index contributed by atoms with van der Waals surface area (Å²) in [7, 11) is 0. The van der Waals surface area contributed by atoms with Crippen LogP contribution in [0.2, 0.25) is 0 Å². The highest BCUT2D eigenvalue weighted by molar-refractivity contribution is 9.10. The van der Waals surface area contributed by atoms with Gasteiger partial charge in [0, 0.05) is 16.6 Å². The Labute approximate surface area is 110 Å². The molecule has 0 bridgehead atoms. The third kappa shape index (κ3) is 1.92. The Kier molecular flexibility index (Phi) is 2.57. The third-order valence-electron chi connectivity index (χ3n) is 2.44. The number of halogens is 1. The van der Waals surface area contributed by atoms with E-state index in [1.54, 1.807) is 23.9 Å². The zero-order valence-corrected chi connectivity index (χ0v) is 11.1. The predicted octanol–water partition coefficient (Wildman–Crippen LogP) is 3.70. The maximum absolute atomic E-state index is 5.77. The molecule has 2 N–H and O–H groups in total. The van der Waals surface area contributed by atoms with Gasteiger partial charge in [-0.3, -0.25) is 0 Å². The molecule has 3 nitrogen and oxygen atoms in total. The summed E-state index contributed by atoms with van der Waals surface area (Å²) >= 11 is 5.16. The lowest BCUT2D eigenvalue weighted by molar-refractivity contribution is 1.16. The van der Waals surface area contributed by atoms with E-state index in [-0.39, 0.29) is 0 Å². The van der Waals surface area contributed by atoms with Crippen LogP contribution in [0.25, 0.3) is 20.7 Å². The molecule has 17 heavy (non-hydrogen) atoms. The van der Waals surface area contributed by atoms with Gasteiger partial charge in [-0.2, -0.15) is 0 Å². The minimum Gasteiger partial charge on any atom is -0.399 e. The van der Waals surface area contributed by atoms with Gasteiger partial charge in [-0.05, 0) is 45.6 Å². The van der Waals surface area contributed by atoms with Crippen LogP contribution < -0.4 is 5.73 Å². The van der Waals surface area contributed by atoms with Crippen LogP contribution in [0.3, 0.4) is 0 Å². The summed E-state index contributed by atoms with van der Waals surface area (Å²) in [5.74, 6) is 0. The largest absolute Gasteiger partial charge is 0.399 e. The van der Waals surface area contributed by atoms with Gasteiger partial charge in [0.05, 0.1) is 15.0 Å². The van der Waals surface area contributed by atoms with Gasteiger partial charge < -0.3 is 5.73 Å². The predicted molar refractivity (Wildman–Crippen MR) is 75.0 cm³/mol. The Bertz CT molecular complexity index is 693. The molecule has 0 aliphatic rings. The summed E-state index contributed by atoms with van der Waals surface area (Å²) in [6.07, 6.45) is 3.31. The van der Waals surface area contributed by atoms with Gasteiger partial charge in [0.25, 0.3) is 0 Å². The molecule has 0 unspecified atom stereocenters. The molecule has 0 saturated carbocycles. The van der Waals surface area contributed by atoms with Crippen LogP contribution in [-0.2, 0) is 0 Å². The van der Waals surface area contributed by atoms with Crippen molar-refractivity contribution in [1.29, 1.82) is 0 Å². The molecule has 0 atom stereocenters. The third-order valence-corrected chi connectivity index (χ3v) is 4.14. The van der Waals surface area contributed by atoms with Crippen molar-refractivity contribution in [3.8, 4) is 10.6 Å². The molecule has 3 aromatic rings. The number of benzene rings is 1. The molecule has 2 aromatic heterocycles. The fourth-order valence-electron chi connectivity index (χ4n) is 1.67. The van der Waals surface area contributed by atoms with Gasteiger partial charge in [0.2, 0.25) is 0 Å². The first-order valence-electron chi connectivity index (χ1n) is 4.99. The summed E-state index contributed by atoms with van der Waals surface area (Å²) in [5.41, 5.74) is 7.47. The summed E-state index contributed by atoms with van der Waals surface area (Å²) in [5, 5.41) is 1.15. The van der Waals surface area contributed by atoms with E-state index in [2.05, 4.69) is 32.0 Å². The second kappa shape index (κ2) is 4.09. The minimum atomic E-state index is 0.781. The van der Waals surface area contributed by atoms with Crippen LogP contribution in [-0.4, -0.2) is 9.97 Å². The zero-order valence-electron chi connectivity index (χ0n) is 8.72. The monoisotopic (exact) mass is 305 g/mol. The van der Waals surface area contributed by atoms with E-state index in [0.717, 1.165) is 26.1 Å². The number of nitrogens with two attached hydrogens (primary N) is 1. The van der Waals surface area contributed by atoms with Crippen LogP contribution >= 0.6 is 27.3 Å². The van der Waals surface area contributed by atoms with Crippen molar-refractivity contribution in [2.75, 3.05) is 5.73 Å². The van der Waals surface area contributed by atoms with Crippen LogP contribution in [0.4, 0.5) is 5.69 Å². The molecule has 0 saturated heterocycles. The molecule has 2 heterocycles. The Morgan fingerprint density at radius 3 is 2.94 bits per heavy atom. The van der Waals surface area contributed by atoms with Gasteiger partial charge in [-0.25, -0.2) is 9.97 Å². The van der Waals surface area contributed by atoms with Crippen molar-refractivity contribution in [1.82, 2.24) is 9.97 Å². The number of nitrogen functional groups attached to an aromatic ring is 1. The highest BCUT2D eigenvalue weighted by Crippen LogP contribution is 2.36. The lowest BCUT2D eigenvalue weighted by atomic mass is 10.2. The minimum absolute atomic E-state index is 0.781. The molecular formula is C12H8BrN3S. The average molecular weight is 306 g/mol. The fourth-order valence-corrected chi connectivity index (χ4v) is 3.29. The van der Waals surface area contributed by atoms with Crippen molar-refractivity contribution in [3.05, 3.63) is 41.3 Å². The van der Waals surface area contributed by atoms with Gasteiger partial charge in [0.15, 0.2) is 0 Å². The Morgan fingerprint density at radius 2 is 2.12 bits per heavy atom. The van der Waals surface area contributed by atoms with E-state index in [1.807, 2.05) is 18.2 Å². The highest BCUT2D eigenvalue weighted by Gasteiger charge is 2.08. The van der Waals surface area contributed by atoms with Gasteiger partial charge in [-0.1, -0.05) is 0 Å². The lowest BCUT2D eigenvalue weighted by Crippen LogP contribution is -1.83. The van der Waals surface area contributed by atoms with Crippen molar-refractivity contribution in [3.63, 3.8) is 0 Å². The molecule has 3 rings (SSSR count). The van der Waals surface area contributed by atoms with Crippen molar-refractivity contribution in [2.45, 2.75) is 0 Å². The number of thiophene rings is 1. The van der Waals surface area contributed by atoms with Crippen molar-refractivity contribution < 1.29 is 0 Å². The van der Waals surface area contributed by atoms with Gasteiger partial charge >= 0.3 is 0 Å². The topological polar surface area (TPSA) is 51.8 Å². The maximum Gasteiger partial charge on any atom is 0.116 e. The van der Waals surface area contributed by atoms with E-state index in [4.69, 9.17) is 5.73 Å². The Balaban J connectivity index is 2.22. The SMILES string of the molecule is Nc1ccc2sc(-c3ncncc3Br)cc2c1. The Hall–Kier alpha value is -1.46. The summed E-state index contributed by atoms with van der Waals surface area (Å²) < 4.78 is 2.11. The number of nitrogens with zero attached hydrogens (tertiary/aromatic N) is 2. The number of hydrogen-bond donors (Lipinski definition) is 1. The van der Waals surface area contributed by atoms with E-state index in [1.165, 1.54) is 4.70 Å². The van der Waals surface area contributed by atoms with Crippen LogP contribution in [0.1, 0.15) is 0 Å². The van der Waals surface area contributed by atoms with Crippen LogP contribution in [0.15, 0.2) is 41.3 Å². The summed E-state index contributed by atoms with van der Waals surface area (Å²) in [6.45, 7) is 0. The standard InChI is InChI=1S/C12H8BrN3S/c13-9-5-15-6-16-12(9)11-4-7-3-8(14)1-2-10(7)17-11/h1-6H,14H2. The van der Waals surface area contributed by atoms with E-state index >= 15 is 0 Å². The second-order valence-corrected chi connectivity index (χ2v) is 5.57. The van der Waals surface area contributed by atoms with Gasteiger partial charge in [0.1, 0.15) is 6.33 Å². The first-order chi connectivity index (χ1) is 8.24. The van der Waals surface area contributed by atoms with Crippen LogP contribution in [0.5, 0.6) is 0 Å². The number of rotatable bonds is 1. The quantitative estimate of drug-likeness (QED) is 0.697. The molecule has 0 amide bonds. The highest BCUT2D eigenvalue weighted by atomic mass is 79.9. The molecule has 0 radical (unpaired) electrons. The molecular weight excluding hydrogens is 298 g/mol. The Morgan fingerprint density at radius 1 is 1.24 bits per heavy atom. The number of fused-ring (bicyclic) bond motifs is 1. The first-order valence-corrected chi connectivity index (χ1v) is 6.60. The molecule has 0 aliphatic carbocycles. The van der Waals surface area contributed by atoms with E-state index < -0.39 is 0 Å². The average Bonchev–Trinajstić information content (AvgIpc) is 2.72. The number of anilines is 1. The normalized spacial score (nSPS) is 10.9. The number of aromatic nitrogens is 2. The summed E-state index contributed by atoms with van der Waals surface area (Å²) in [6, 6.07) is 8.03. The maximum atomic E-state index is 5.77. The molecule has 5 heteroatoms. The molecule has 0 fully saturated rings. The van der Waals surface area contributed by atoms with E-state index in [9.17, 15) is 0 Å². The lowest BCUT2D eigenvalue weighted by Gasteiger charge is -1.97.